The largest absolute Gasteiger partial charge is 0.497 e. The van der Waals surface area contributed by atoms with Gasteiger partial charge in [0.1, 0.15) is 5.75 Å². The average Bonchev–Trinajstić information content (AvgIpc) is 2.74. The minimum atomic E-state index is -0.00825. The molecule has 1 heterocycles. The second kappa shape index (κ2) is 9.93. The van der Waals surface area contributed by atoms with Crippen LogP contribution in [0.25, 0.3) is 0 Å². The lowest BCUT2D eigenvalue weighted by molar-refractivity contribution is -0.135. The summed E-state index contributed by atoms with van der Waals surface area (Å²) in [6.07, 6.45) is 2.66. The molecular weight excluding hydrogens is 352 g/mol. The van der Waals surface area contributed by atoms with Gasteiger partial charge in [-0.1, -0.05) is 42.5 Å². The van der Waals surface area contributed by atoms with Crippen molar-refractivity contribution in [2.45, 2.75) is 25.7 Å². The number of amides is 2. The summed E-state index contributed by atoms with van der Waals surface area (Å²) < 4.78 is 5.22. The summed E-state index contributed by atoms with van der Waals surface area (Å²) in [7, 11) is 1.65. The van der Waals surface area contributed by atoms with Crippen molar-refractivity contribution in [1.29, 1.82) is 0 Å². The highest BCUT2D eigenvalue weighted by atomic mass is 16.5. The number of hydrogen-bond donors (Lipinski definition) is 1. The second-order valence-corrected chi connectivity index (χ2v) is 7.21. The first-order chi connectivity index (χ1) is 13.7. The number of ether oxygens (including phenoxy) is 1. The monoisotopic (exact) mass is 380 g/mol. The van der Waals surface area contributed by atoms with Crippen LogP contribution in [-0.2, 0) is 22.4 Å². The Balaban J connectivity index is 1.39. The van der Waals surface area contributed by atoms with Gasteiger partial charge < -0.3 is 15.0 Å². The maximum Gasteiger partial charge on any atom is 0.226 e. The van der Waals surface area contributed by atoms with E-state index in [1.165, 1.54) is 0 Å². The Bertz CT molecular complexity index is 783. The first-order valence-corrected chi connectivity index (χ1v) is 9.88. The maximum absolute atomic E-state index is 12.4. The van der Waals surface area contributed by atoms with Gasteiger partial charge in [0.15, 0.2) is 0 Å². The van der Waals surface area contributed by atoms with Crippen molar-refractivity contribution in [2.75, 3.05) is 26.7 Å². The Morgan fingerprint density at radius 3 is 2.46 bits per heavy atom. The van der Waals surface area contributed by atoms with E-state index in [1.54, 1.807) is 7.11 Å². The molecule has 148 valence electrons. The summed E-state index contributed by atoms with van der Waals surface area (Å²) in [5, 5.41) is 3.04. The van der Waals surface area contributed by atoms with E-state index < -0.39 is 0 Å². The molecule has 2 aromatic carbocycles. The molecule has 0 bridgehead atoms. The van der Waals surface area contributed by atoms with Gasteiger partial charge in [-0.15, -0.1) is 0 Å². The van der Waals surface area contributed by atoms with E-state index in [-0.39, 0.29) is 17.7 Å². The Labute approximate surface area is 166 Å². The van der Waals surface area contributed by atoms with E-state index in [1.807, 2.05) is 59.5 Å². The van der Waals surface area contributed by atoms with Crippen molar-refractivity contribution in [3.8, 4) is 5.75 Å². The van der Waals surface area contributed by atoms with Crippen molar-refractivity contribution < 1.29 is 14.3 Å². The van der Waals surface area contributed by atoms with Gasteiger partial charge >= 0.3 is 0 Å². The topological polar surface area (TPSA) is 58.6 Å². The molecule has 1 N–H and O–H groups in total. The molecule has 1 fully saturated rings. The fourth-order valence-corrected chi connectivity index (χ4v) is 3.58. The summed E-state index contributed by atoms with van der Waals surface area (Å²) in [5.41, 5.74) is 2.17. The highest BCUT2D eigenvalue weighted by molar-refractivity contribution is 5.81. The molecule has 0 spiro atoms. The van der Waals surface area contributed by atoms with Crippen LogP contribution < -0.4 is 10.1 Å². The molecule has 2 aromatic rings. The first-order valence-electron chi connectivity index (χ1n) is 9.88. The number of piperidine rings is 1. The van der Waals surface area contributed by atoms with Gasteiger partial charge in [-0.05, 0) is 42.5 Å². The van der Waals surface area contributed by atoms with Crippen molar-refractivity contribution in [3.05, 3.63) is 65.7 Å². The lowest BCUT2D eigenvalue weighted by Crippen LogP contribution is -2.43. The average molecular weight is 380 g/mol. The van der Waals surface area contributed by atoms with Crippen LogP contribution in [-0.4, -0.2) is 43.5 Å². The number of benzene rings is 2. The molecule has 0 radical (unpaired) electrons. The van der Waals surface area contributed by atoms with E-state index in [0.717, 1.165) is 36.1 Å². The number of carbonyl (C=O) groups is 2. The van der Waals surface area contributed by atoms with Crippen LogP contribution in [0.4, 0.5) is 0 Å². The van der Waals surface area contributed by atoms with Crippen LogP contribution >= 0.6 is 0 Å². The molecule has 1 aliphatic rings. The minimum absolute atomic E-state index is 0.00825. The van der Waals surface area contributed by atoms with Gasteiger partial charge in [-0.25, -0.2) is 0 Å². The molecule has 0 unspecified atom stereocenters. The van der Waals surface area contributed by atoms with Gasteiger partial charge in [0.05, 0.1) is 13.5 Å². The third-order valence-corrected chi connectivity index (χ3v) is 5.26. The number of hydrogen-bond acceptors (Lipinski definition) is 3. The second-order valence-electron chi connectivity index (χ2n) is 7.21. The van der Waals surface area contributed by atoms with E-state index in [4.69, 9.17) is 4.74 Å². The molecule has 0 saturated carbocycles. The highest BCUT2D eigenvalue weighted by Crippen LogP contribution is 2.18. The predicted molar refractivity (Wildman–Crippen MR) is 109 cm³/mol. The van der Waals surface area contributed by atoms with Gasteiger partial charge in [0, 0.05) is 25.6 Å². The predicted octanol–water partition coefficient (Wildman–Crippen LogP) is 2.84. The van der Waals surface area contributed by atoms with E-state index in [2.05, 4.69) is 5.32 Å². The zero-order chi connectivity index (χ0) is 19.8. The van der Waals surface area contributed by atoms with Gasteiger partial charge in [0.25, 0.3) is 0 Å². The lowest BCUT2D eigenvalue weighted by atomic mass is 9.95. The fraction of sp³-hybridized carbons (Fsp3) is 0.391. The molecule has 5 heteroatoms. The SMILES string of the molecule is COc1cccc(CCNC(=O)C2CCN(C(=O)Cc3ccccc3)CC2)c1. The molecule has 0 aromatic heterocycles. The molecular formula is C23H28N2O3. The highest BCUT2D eigenvalue weighted by Gasteiger charge is 2.27. The third kappa shape index (κ3) is 5.59. The van der Waals surface area contributed by atoms with Crippen LogP contribution in [0.15, 0.2) is 54.6 Å². The number of nitrogens with zero attached hydrogens (tertiary/aromatic N) is 1. The van der Waals surface area contributed by atoms with Crippen LogP contribution in [0.2, 0.25) is 0 Å². The maximum atomic E-state index is 12.4. The summed E-state index contributed by atoms with van der Waals surface area (Å²) in [6.45, 7) is 1.92. The summed E-state index contributed by atoms with van der Waals surface area (Å²) in [6, 6.07) is 17.7. The normalized spacial score (nSPS) is 14.5. The zero-order valence-electron chi connectivity index (χ0n) is 16.4. The molecule has 28 heavy (non-hydrogen) atoms. The van der Waals surface area contributed by atoms with Gasteiger partial charge in [-0.2, -0.15) is 0 Å². The summed E-state index contributed by atoms with van der Waals surface area (Å²) in [4.78, 5) is 26.8. The zero-order valence-corrected chi connectivity index (χ0v) is 16.4. The van der Waals surface area contributed by atoms with Crippen molar-refractivity contribution >= 4 is 11.8 Å². The van der Waals surface area contributed by atoms with Crippen molar-refractivity contribution in [1.82, 2.24) is 10.2 Å². The van der Waals surface area contributed by atoms with Crippen LogP contribution in [0.5, 0.6) is 5.75 Å². The summed E-state index contributed by atoms with van der Waals surface area (Å²) in [5.74, 6) is 1.06. The van der Waals surface area contributed by atoms with E-state index in [9.17, 15) is 9.59 Å². The lowest BCUT2D eigenvalue weighted by Gasteiger charge is -2.31. The fourth-order valence-electron chi connectivity index (χ4n) is 3.58. The van der Waals surface area contributed by atoms with Gasteiger partial charge in [0.2, 0.25) is 11.8 Å². The molecule has 1 saturated heterocycles. The molecule has 5 nitrogen and oxygen atoms in total. The Kier molecular flexibility index (Phi) is 7.06. The first kappa shape index (κ1) is 19.9. The molecule has 0 aliphatic carbocycles. The summed E-state index contributed by atoms with van der Waals surface area (Å²) >= 11 is 0. The number of methoxy groups -OCH3 is 1. The smallest absolute Gasteiger partial charge is 0.226 e. The molecule has 0 atom stereocenters. The minimum Gasteiger partial charge on any atom is -0.497 e. The number of carbonyl (C=O) groups excluding carboxylic acids is 2. The Morgan fingerprint density at radius 2 is 1.75 bits per heavy atom. The standard InChI is InChI=1S/C23H28N2O3/c1-28-21-9-5-8-19(16-21)10-13-24-23(27)20-11-14-25(15-12-20)22(26)17-18-6-3-2-4-7-18/h2-9,16,20H,10-15,17H2,1H3,(H,24,27). The van der Waals surface area contributed by atoms with Crippen molar-refractivity contribution in [2.24, 2.45) is 5.92 Å². The Morgan fingerprint density at radius 1 is 1.04 bits per heavy atom. The number of likely N-dealkylation sites (tertiary alicyclic amines) is 1. The van der Waals surface area contributed by atoms with Crippen LogP contribution in [0, 0.1) is 5.92 Å². The van der Waals surface area contributed by atoms with Crippen LogP contribution in [0.1, 0.15) is 24.0 Å². The van der Waals surface area contributed by atoms with Crippen molar-refractivity contribution in [3.63, 3.8) is 0 Å². The third-order valence-electron chi connectivity index (χ3n) is 5.26. The Hall–Kier alpha value is -2.82. The quantitative estimate of drug-likeness (QED) is 0.804. The van der Waals surface area contributed by atoms with Gasteiger partial charge in [-0.3, -0.25) is 9.59 Å². The number of nitrogens with one attached hydrogen (secondary N) is 1. The van der Waals surface area contributed by atoms with E-state index >= 15 is 0 Å². The molecule has 3 rings (SSSR count). The van der Waals surface area contributed by atoms with Crippen LogP contribution in [0.3, 0.4) is 0 Å². The molecule has 1 aliphatic heterocycles. The molecule has 2 amide bonds. The van der Waals surface area contributed by atoms with E-state index in [0.29, 0.717) is 26.1 Å². The number of rotatable bonds is 7.